The van der Waals surface area contributed by atoms with Crippen LogP contribution in [0, 0.1) is 6.92 Å². The SMILES string of the molecule is Cc1ccc(S(=O)(=O)NCC(O)c2ccc(-c3ccsc3)cc2)s1. The van der Waals surface area contributed by atoms with Crippen molar-refractivity contribution < 1.29 is 13.5 Å². The monoisotopic (exact) mass is 379 g/mol. The highest BCUT2D eigenvalue weighted by Crippen LogP contribution is 2.24. The molecule has 1 unspecified atom stereocenters. The van der Waals surface area contributed by atoms with Gasteiger partial charge in [-0.3, -0.25) is 0 Å². The van der Waals surface area contributed by atoms with Crippen molar-refractivity contribution in [2.24, 2.45) is 0 Å². The van der Waals surface area contributed by atoms with Crippen LogP contribution in [0.5, 0.6) is 0 Å². The molecule has 0 radical (unpaired) electrons. The van der Waals surface area contributed by atoms with Crippen LogP contribution >= 0.6 is 22.7 Å². The molecule has 0 spiro atoms. The summed E-state index contributed by atoms with van der Waals surface area (Å²) in [6, 6.07) is 12.9. The summed E-state index contributed by atoms with van der Waals surface area (Å²) in [5, 5.41) is 14.3. The van der Waals surface area contributed by atoms with Crippen molar-refractivity contribution >= 4 is 32.7 Å². The third kappa shape index (κ3) is 3.93. The Labute approximate surface area is 149 Å². The molecule has 126 valence electrons. The van der Waals surface area contributed by atoms with E-state index in [0.717, 1.165) is 16.0 Å². The lowest BCUT2D eigenvalue weighted by atomic mass is 10.0. The van der Waals surface area contributed by atoms with Crippen molar-refractivity contribution in [3.63, 3.8) is 0 Å². The standard InChI is InChI=1S/C17H17NO3S3/c1-12-2-7-17(23-12)24(20,21)18-10-16(19)14-5-3-13(4-6-14)15-8-9-22-11-15/h2-9,11,16,18-19H,10H2,1H3. The number of thiophene rings is 2. The van der Waals surface area contributed by atoms with Gasteiger partial charge in [0.05, 0.1) is 6.10 Å². The van der Waals surface area contributed by atoms with Gasteiger partial charge < -0.3 is 5.11 Å². The molecule has 3 aromatic rings. The fourth-order valence-corrected chi connectivity index (χ4v) is 5.29. The predicted octanol–water partition coefficient (Wildman–Crippen LogP) is 3.80. The van der Waals surface area contributed by atoms with Gasteiger partial charge in [-0.05, 0) is 52.6 Å². The Kier molecular flexibility index (Phi) is 5.17. The van der Waals surface area contributed by atoms with Crippen LogP contribution in [0.2, 0.25) is 0 Å². The molecule has 0 aliphatic heterocycles. The number of sulfonamides is 1. The van der Waals surface area contributed by atoms with Crippen LogP contribution in [-0.4, -0.2) is 20.1 Å². The minimum absolute atomic E-state index is 0.0585. The van der Waals surface area contributed by atoms with Crippen molar-refractivity contribution in [1.29, 1.82) is 0 Å². The van der Waals surface area contributed by atoms with Crippen LogP contribution in [0.25, 0.3) is 11.1 Å². The second-order valence-corrected chi connectivity index (χ2v) is 9.43. The lowest BCUT2D eigenvalue weighted by Gasteiger charge is -2.12. The molecule has 0 fully saturated rings. The maximum atomic E-state index is 12.2. The molecular weight excluding hydrogens is 362 g/mol. The van der Waals surface area contributed by atoms with Gasteiger partial charge in [-0.1, -0.05) is 24.3 Å². The summed E-state index contributed by atoms with van der Waals surface area (Å²) < 4.78 is 27.1. The normalized spacial score (nSPS) is 13.1. The fourth-order valence-electron chi connectivity index (χ4n) is 2.26. The lowest BCUT2D eigenvalue weighted by Crippen LogP contribution is -2.28. The Balaban J connectivity index is 1.65. The number of aliphatic hydroxyl groups excluding tert-OH is 1. The van der Waals surface area contributed by atoms with E-state index < -0.39 is 16.1 Å². The summed E-state index contributed by atoms with van der Waals surface area (Å²) in [5.41, 5.74) is 2.88. The number of rotatable bonds is 6. The van der Waals surface area contributed by atoms with E-state index in [1.807, 2.05) is 42.6 Å². The fraction of sp³-hybridized carbons (Fsp3) is 0.176. The number of aliphatic hydroxyl groups is 1. The molecule has 0 bridgehead atoms. The first-order valence-corrected chi connectivity index (χ1v) is 10.6. The van der Waals surface area contributed by atoms with Crippen LogP contribution in [0.3, 0.4) is 0 Å². The topological polar surface area (TPSA) is 66.4 Å². The van der Waals surface area contributed by atoms with Crippen LogP contribution in [-0.2, 0) is 10.0 Å². The molecule has 2 heterocycles. The van der Waals surface area contributed by atoms with Gasteiger partial charge in [-0.2, -0.15) is 11.3 Å². The first-order valence-electron chi connectivity index (χ1n) is 7.32. The predicted molar refractivity (Wildman–Crippen MR) is 99.0 cm³/mol. The summed E-state index contributed by atoms with van der Waals surface area (Å²) in [4.78, 5) is 0.931. The molecule has 0 aliphatic rings. The Bertz CT molecular complexity index is 897. The van der Waals surface area contributed by atoms with Crippen LogP contribution in [0.4, 0.5) is 0 Å². The molecule has 0 saturated heterocycles. The minimum atomic E-state index is -3.58. The quantitative estimate of drug-likeness (QED) is 0.685. The van der Waals surface area contributed by atoms with Gasteiger partial charge in [0, 0.05) is 11.4 Å². The highest BCUT2D eigenvalue weighted by atomic mass is 32.2. The summed E-state index contributed by atoms with van der Waals surface area (Å²) >= 11 is 2.84. The second-order valence-electron chi connectivity index (χ2n) is 5.37. The zero-order valence-electron chi connectivity index (χ0n) is 13.0. The van der Waals surface area contributed by atoms with Crippen molar-refractivity contribution in [2.75, 3.05) is 6.54 Å². The van der Waals surface area contributed by atoms with E-state index in [0.29, 0.717) is 5.56 Å². The largest absolute Gasteiger partial charge is 0.387 e. The molecule has 2 aromatic heterocycles. The van der Waals surface area contributed by atoms with E-state index in [-0.39, 0.29) is 10.8 Å². The number of benzene rings is 1. The van der Waals surface area contributed by atoms with Gasteiger partial charge in [0.1, 0.15) is 4.21 Å². The highest BCUT2D eigenvalue weighted by Gasteiger charge is 2.18. The average Bonchev–Trinajstić information content (AvgIpc) is 3.24. The first-order chi connectivity index (χ1) is 11.5. The average molecular weight is 380 g/mol. The van der Waals surface area contributed by atoms with Gasteiger partial charge in [0.25, 0.3) is 0 Å². The van der Waals surface area contributed by atoms with Gasteiger partial charge >= 0.3 is 0 Å². The Morgan fingerprint density at radius 1 is 1.08 bits per heavy atom. The van der Waals surface area contributed by atoms with Gasteiger partial charge in [-0.25, -0.2) is 13.1 Å². The molecule has 0 saturated carbocycles. The van der Waals surface area contributed by atoms with Gasteiger partial charge in [-0.15, -0.1) is 11.3 Å². The van der Waals surface area contributed by atoms with Crippen molar-refractivity contribution in [2.45, 2.75) is 17.2 Å². The highest BCUT2D eigenvalue weighted by molar-refractivity contribution is 7.91. The number of hydrogen-bond donors (Lipinski definition) is 2. The van der Waals surface area contributed by atoms with Gasteiger partial charge in [0.15, 0.2) is 0 Å². The summed E-state index contributed by atoms with van der Waals surface area (Å²) in [7, 11) is -3.58. The third-order valence-electron chi connectivity index (χ3n) is 3.60. The Morgan fingerprint density at radius 2 is 1.83 bits per heavy atom. The van der Waals surface area contributed by atoms with Crippen molar-refractivity contribution in [3.8, 4) is 11.1 Å². The molecular formula is C17H17NO3S3. The van der Waals surface area contributed by atoms with E-state index in [1.165, 1.54) is 11.3 Å². The number of hydrogen-bond acceptors (Lipinski definition) is 5. The van der Waals surface area contributed by atoms with E-state index in [1.54, 1.807) is 23.5 Å². The zero-order chi connectivity index (χ0) is 17.2. The molecule has 1 atom stereocenters. The Hall–Kier alpha value is -1.51. The second kappa shape index (κ2) is 7.16. The molecule has 4 nitrogen and oxygen atoms in total. The molecule has 2 N–H and O–H groups in total. The van der Waals surface area contributed by atoms with Gasteiger partial charge in [0.2, 0.25) is 10.0 Å². The molecule has 1 aromatic carbocycles. The summed E-state index contributed by atoms with van der Waals surface area (Å²) in [6.07, 6.45) is -0.891. The maximum Gasteiger partial charge on any atom is 0.250 e. The summed E-state index contributed by atoms with van der Waals surface area (Å²) in [5.74, 6) is 0. The smallest absolute Gasteiger partial charge is 0.250 e. The molecule has 3 rings (SSSR count). The maximum absolute atomic E-state index is 12.2. The van der Waals surface area contributed by atoms with E-state index >= 15 is 0 Å². The lowest BCUT2D eigenvalue weighted by molar-refractivity contribution is 0.182. The van der Waals surface area contributed by atoms with E-state index in [4.69, 9.17) is 0 Å². The minimum Gasteiger partial charge on any atom is -0.387 e. The zero-order valence-corrected chi connectivity index (χ0v) is 15.4. The van der Waals surface area contributed by atoms with Crippen molar-refractivity contribution in [3.05, 3.63) is 63.7 Å². The first kappa shape index (κ1) is 17.3. The third-order valence-corrected chi connectivity index (χ3v) is 7.20. The van der Waals surface area contributed by atoms with E-state index in [2.05, 4.69) is 10.1 Å². The molecule has 0 aliphatic carbocycles. The molecule has 0 amide bonds. The summed E-state index contributed by atoms with van der Waals surface area (Å²) in [6.45, 7) is 1.80. The van der Waals surface area contributed by atoms with Crippen molar-refractivity contribution in [1.82, 2.24) is 4.72 Å². The van der Waals surface area contributed by atoms with E-state index in [9.17, 15) is 13.5 Å². The molecule has 7 heteroatoms. The van der Waals surface area contributed by atoms with Crippen LogP contribution < -0.4 is 4.72 Å². The molecule has 24 heavy (non-hydrogen) atoms. The number of aryl methyl sites for hydroxylation is 1. The van der Waals surface area contributed by atoms with Crippen LogP contribution in [0.15, 0.2) is 57.4 Å². The van der Waals surface area contributed by atoms with Crippen LogP contribution in [0.1, 0.15) is 16.5 Å². The number of nitrogens with one attached hydrogen (secondary N) is 1. The Morgan fingerprint density at radius 3 is 2.42 bits per heavy atom.